The summed E-state index contributed by atoms with van der Waals surface area (Å²) < 4.78 is 16.2. The van der Waals surface area contributed by atoms with Crippen LogP contribution in [-0.2, 0) is 4.74 Å². The number of hydrogen-bond donors (Lipinski definition) is 3. The number of fused-ring (bicyclic) bond motifs is 1. The van der Waals surface area contributed by atoms with Crippen molar-refractivity contribution in [1.82, 2.24) is 0 Å². The molecule has 4 atom stereocenters. The summed E-state index contributed by atoms with van der Waals surface area (Å²) in [6.45, 7) is 1.39. The van der Waals surface area contributed by atoms with Crippen molar-refractivity contribution in [2.45, 2.75) is 37.9 Å². The van der Waals surface area contributed by atoms with Gasteiger partial charge in [-0.3, -0.25) is 0 Å². The smallest absolute Gasteiger partial charge is 0.336 e. The van der Waals surface area contributed by atoms with Gasteiger partial charge < -0.3 is 29.2 Å². The summed E-state index contributed by atoms with van der Waals surface area (Å²) in [6.07, 6.45) is -3.87. The summed E-state index contributed by atoms with van der Waals surface area (Å²) in [4.78, 5) is 11.4. The largest absolute Gasteiger partial charge is 0.465 e. The first kappa shape index (κ1) is 15.9. The molecule has 1 fully saturated rings. The van der Waals surface area contributed by atoms with Crippen LogP contribution in [-0.4, -0.2) is 46.5 Å². The minimum atomic E-state index is -1.16. The first-order chi connectivity index (χ1) is 11.0. The van der Waals surface area contributed by atoms with Gasteiger partial charge in [-0.25, -0.2) is 4.79 Å². The zero-order chi connectivity index (χ0) is 16.6. The molecule has 1 saturated heterocycles. The fraction of sp³-hybridized carbons (Fsp3) is 0.438. The Kier molecular flexibility index (Phi) is 4.36. The molecule has 0 bridgehead atoms. The van der Waals surface area contributed by atoms with Crippen LogP contribution in [0.15, 0.2) is 33.5 Å². The van der Waals surface area contributed by atoms with Crippen molar-refractivity contribution in [2.75, 3.05) is 6.61 Å². The molecule has 0 amide bonds. The highest BCUT2D eigenvalue weighted by Gasteiger charge is 2.37. The van der Waals surface area contributed by atoms with Crippen LogP contribution >= 0.6 is 0 Å². The molecule has 0 spiro atoms. The second-order valence-electron chi connectivity index (χ2n) is 5.60. The van der Waals surface area contributed by atoms with Crippen molar-refractivity contribution in [3.8, 4) is 5.75 Å². The summed E-state index contributed by atoms with van der Waals surface area (Å²) in [5.41, 5.74) is 0.748. The maximum absolute atomic E-state index is 11.4. The molecule has 2 heterocycles. The third kappa shape index (κ3) is 3.23. The first-order valence-electron chi connectivity index (χ1n) is 7.31. The van der Waals surface area contributed by atoms with Crippen LogP contribution in [0.25, 0.3) is 11.0 Å². The van der Waals surface area contributed by atoms with Gasteiger partial charge in [-0.15, -0.1) is 0 Å². The average molecular weight is 322 g/mol. The van der Waals surface area contributed by atoms with Crippen LogP contribution in [0, 0.1) is 6.92 Å². The van der Waals surface area contributed by atoms with Crippen LogP contribution < -0.4 is 10.4 Å². The molecule has 3 rings (SSSR count). The maximum Gasteiger partial charge on any atom is 0.336 e. The molecule has 1 aliphatic rings. The molecule has 7 heteroatoms. The Labute approximate surface area is 131 Å². The van der Waals surface area contributed by atoms with Crippen LogP contribution in [0.4, 0.5) is 0 Å². The van der Waals surface area contributed by atoms with E-state index in [9.17, 15) is 15.0 Å². The van der Waals surface area contributed by atoms with E-state index in [1.165, 1.54) is 6.07 Å². The minimum Gasteiger partial charge on any atom is -0.465 e. The number of ether oxygens (including phenoxy) is 2. The summed E-state index contributed by atoms with van der Waals surface area (Å²) in [7, 11) is 0. The van der Waals surface area contributed by atoms with Gasteiger partial charge >= 0.3 is 5.63 Å². The van der Waals surface area contributed by atoms with E-state index in [0.717, 1.165) is 10.9 Å². The predicted molar refractivity (Wildman–Crippen MR) is 80.2 cm³/mol. The fourth-order valence-electron chi connectivity index (χ4n) is 2.67. The quantitative estimate of drug-likeness (QED) is 0.698. The van der Waals surface area contributed by atoms with Gasteiger partial charge in [-0.1, -0.05) is 0 Å². The van der Waals surface area contributed by atoms with Crippen molar-refractivity contribution in [1.29, 1.82) is 0 Å². The van der Waals surface area contributed by atoms with Gasteiger partial charge in [-0.2, -0.15) is 0 Å². The molecule has 1 aliphatic heterocycles. The highest BCUT2D eigenvalue weighted by molar-refractivity contribution is 5.81. The van der Waals surface area contributed by atoms with Crippen molar-refractivity contribution in [3.63, 3.8) is 0 Å². The molecule has 0 aliphatic carbocycles. The van der Waals surface area contributed by atoms with Gasteiger partial charge in [0.1, 0.15) is 23.5 Å². The lowest BCUT2D eigenvalue weighted by atomic mass is 10.0. The Morgan fingerprint density at radius 2 is 2.09 bits per heavy atom. The predicted octanol–water partition coefficient (Wildman–Crippen LogP) is 0.309. The number of aliphatic hydroxyl groups is 3. The highest BCUT2D eigenvalue weighted by Crippen LogP contribution is 2.26. The Hall–Kier alpha value is -1.93. The summed E-state index contributed by atoms with van der Waals surface area (Å²) in [5.74, 6) is 0.400. The molecule has 23 heavy (non-hydrogen) atoms. The Morgan fingerprint density at radius 1 is 1.30 bits per heavy atom. The van der Waals surface area contributed by atoms with Gasteiger partial charge in [0.2, 0.25) is 6.29 Å². The molecule has 1 aromatic carbocycles. The van der Waals surface area contributed by atoms with E-state index in [2.05, 4.69) is 0 Å². The van der Waals surface area contributed by atoms with E-state index in [-0.39, 0.29) is 6.42 Å². The van der Waals surface area contributed by atoms with Gasteiger partial charge in [0.25, 0.3) is 0 Å². The molecule has 0 saturated carbocycles. The zero-order valence-electron chi connectivity index (χ0n) is 12.5. The van der Waals surface area contributed by atoms with Gasteiger partial charge in [0.05, 0.1) is 12.7 Å². The lowest BCUT2D eigenvalue weighted by Gasteiger charge is -2.36. The topological polar surface area (TPSA) is 109 Å². The van der Waals surface area contributed by atoms with E-state index in [0.29, 0.717) is 11.3 Å². The van der Waals surface area contributed by atoms with Gasteiger partial charge in [0, 0.05) is 23.9 Å². The Balaban J connectivity index is 1.83. The molecule has 124 valence electrons. The second kappa shape index (κ2) is 6.29. The van der Waals surface area contributed by atoms with Crippen molar-refractivity contribution < 1.29 is 29.2 Å². The van der Waals surface area contributed by atoms with E-state index in [1.807, 2.05) is 6.92 Å². The van der Waals surface area contributed by atoms with Gasteiger partial charge in [-0.05, 0) is 24.6 Å². The molecular formula is C16H18O7. The summed E-state index contributed by atoms with van der Waals surface area (Å²) in [5, 5.41) is 29.4. The second-order valence-corrected chi connectivity index (χ2v) is 5.60. The SMILES string of the molecule is Cc1cc(=O)oc2cc(O[C@H]3C[C@@H](O)[C@@H](O)[C@@H](CO)O3)ccc12. The van der Waals surface area contributed by atoms with Gasteiger partial charge in [0.15, 0.2) is 0 Å². The normalized spacial score (nSPS) is 28.0. The average Bonchev–Trinajstić information content (AvgIpc) is 2.50. The van der Waals surface area contributed by atoms with Crippen molar-refractivity contribution in [3.05, 3.63) is 40.2 Å². The molecule has 0 radical (unpaired) electrons. The minimum absolute atomic E-state index is 0.0630. The van der Waals surface area contributed by atoms with Crippen molar-refractivity contribution in [2.24, 2.45) is 0 Å². The lowest BCUT2D eigenvalue weighted by Crippen LogP contribution is -2.51. The fourth-order valence-corrected chi connectivity index (χ4v) is 2.67. The molecule has 0 unspecified atom stereocenters. The number of benzene rings is 1. The van der Waals surface area contributed by atoms with E-state index < -0.39 is 36.8 Å². The number of aliphatic hydroxyl groups excluding tert-OH is 3. The third-order valence-corrected chi connectivity index (χ3v) is 3.91. The highest BCUT2D eigenvalue weighted by atomic mass is 16.7. The van der Waals surface area contributed by atoms with E-state index >= 15 is 0 Å². The standard InChI is InChI=1S/C16H18O7/c1-8-4-14(19)22-12-5-9(2-3-10(8)12)21-15-6-11(18)16(20)13(7-17)23-15/h2-5,11,13,15-18,20H,6-7H2,1H3/t11-,13-,15-,16-/m1/s1. The zero-order valence-corrected chi connectivity index (χ0v) is 12.5. The lowest BCUT2D eigenvalue weighted by molar-refractivity contribution is -0.229. The Bertz CT molecular complexity index is 754. The molecule has 2 aromatic rings. The third-order valence-electron chi connectivity index (χ3n) is 3.91. The number of hydrogen-bond acceptors (Lipinski definition) is 7. The molecule has 3 N–H and O–H groups in total. The van der Waals surface area contributed by atoms with Crippen LogP contribution in [0.3, 0.4) is 0 Å². The first-order valence-corrected chi connectivity index (χ1v) is 7.31. The maximum atomic E-state index is 11.4. The molecule has 7 nitrogen and oxygen atoms in total. The molecular weight excluding hydrogens is 304 g/mol. The van der Waals surface area contributed by atoms with E-state index in [1.54, 1.807) is 18.2 Å². The monoisotopic (exact) mass is 322 g/mol. The van der Waals surface area contributed by atoms with Crippen LogP contribution in [0.5, 0.6) is 5.75 Å². The van der Waals surface area contributed by atoms with Crippen molar-refractivity contribution >= 4 is 11.0 Å². The Morgan fingerprint density at radius 3 is 2.83 bits per heavy atom. The number of aryl methyl sites for hydroxylation is 1. The number of rotatable bonds is 3. The molecule has 1 aromatic heterocycles. The summed E-state index contributed by atoms with van der Waals surface area (Å²) >= 11 is 0. The summed E-state index contributed by atoms with van der Waals surface area (Å²) in [6, 6.07) is 6.44. The van der Waals surface area contributed by atoms with Crippen LogP contribution in [0.1, 0.15) is 12.0 Å². The van der Waals surface area contributed by atoms with E-state index in [4.69, 9.17) is 19.0 Å². The van der Waals surface area contributed by atoms with Crippen LogP contribution in [0.2, 0.25) is 0 Å².